The SMILES string of the molecule is CCc1cc([C@H](c2ccc(OC)cc2)N2CCOCC2)c(NC(=O)c2ccccc2)s1. The fraction of sp³-hybridized carbons (Fsp3) is 0.320. The molecule has 5 nitrogen and oxygen atoms in total. The molecule has 31 heavy (non-hydrogen) atoms. The number of nitrogens with zero attached hydrogens (tertiary/aromatic N) is 1. The highest BCUT2D eigenvalue weighted by Gasteiger charge is 2.28. The van der Waals surface area contributed by atoms with Crippen LogP contribution in [0.2, 0.25) is 0 Å². The number of morpholine rings is 1. The molecule has 1 atom stereocenters. The maximum atomic E-state index is 12.9. The van der Waals surface area contributed by atoms with E-state index in [0.29, 0.717) is 18.8 Å². The van der Waals surface area contributed by atoms with Crippen LogP contribution in [0.5, 0.6) is 5.75 Å². The van der Waals surface area contributed by atoms with E-state index >= 15 is 0 Å². The molecule has 1 N–H and O–H groups in total. The Labute approximate surface area is 187 Å². The molecule has 4 rings (SSSR count). The Morgan fingerprint density at radius 1 is 1.13 bits per heavy atom. The van der Waals surface area contributed by atoms with E-state index in [1.54, 1.807) is 18.4 Å². The number of hydrogen-bond acceptors (Lipinski definition) is 5. The quantitative estimate of drug-likeness (QED) is 0.567. The maximum absolute atomic E-state index is 12.9. The van der Waals surface area contributed by atoms with Gasteiger partial charge < -0.3 is 14.8 Å². The molecule has 6 heteroatoms. The molecule has 0 aliphatic carbocycles. The molecule has 0 spiro atoms. The smallest absolute Gasteiger partial charge is 0.256 e. The predicted molar refractivity (Wildman–Crippen MR) is 125 cm³/mol. The van der Waals surface area contributed by atoms with Crippen LogP contribution in [-0.4, -0.2) is 44.2 Å². The third-order valence-corrected chi connectivity index (χ3v) is 6.77. The van der Waals surface area contributed by atoms with E-state index in [-0.39, 0.29) is 11.9 Å². The average Bonchev–Trinajstić information content (AvgIpc) is 3.23. The van der Waals surface area contributed by atoms with Gasteiger partial charge in [-0.05, 0) is 42.3 Å². The van der Waals surface area contributed by atoms with E-state index in [2.05, 4.69) is 35.3 Å². The summed E-state index contributed by atoms with van der Waals surface area (Å²) >= 11 is 1.66. The Balaban J connectivity index is 1.72. The molecule has 1 aliphatic rings. The van der Waals surface area contributed by atoms with Gasteiger partial charge in [-0.1, -0.05) is 37.3 Å². The summed E-state index contributed by atoms with van der Waals surface area (Å²) in [4.78, 5) is 16.6. The molecular weight excluding hydrogens is 408 g/mol. The highest BCUT2D eigenvalue weighted by atomic mass is 32.1. The van der Waals surface area contributed by atoms with Gasteiger partial charge in [-0.15, -0.1) is 11.3 Å². The number of nitrogens with one attached hydrogen (secondary N) is 1. The first-order chi connectivity index (χ1) is 15.2. The Morgan fingerprint density at radius 3 is 2.48 bits per heavy atom. The summed E-state index contributed by atoms with van der Waals surface area (Å²) in [5.74, 6) is 0.753. The van der Waals surface area contributed by atoms with Crippen molar-refractivity contribution in [3.8, 4) is 5.75 Å². The van der Waals surface area contributed by atoms with Crippen molar-refractivity contribution in [2.24, 2.45) is 0 Å². The molecule has 1 aliphatic heterocycles. The van der Waals surface area contributed by atoms with Gasteiger partial charge in [-0.3, -0.25) is 9.69 Å². The minimum Gasteiger partial charge on any atom is -0.497 e. The lowest BCUT2D eigenvalue weighted by molar-refractivity contribution is 0.0241. The van der Waals surface area contributed by atoms with E-state index in [4.69, 9.17) is 9.47 Å². The lowest BCUT2D eigenvalue weighted by Gasteiger charge is -2.35. The molecule has 1 amide bonds. The Morgan fingerprint density at radius 2 is 1.84 bits per heavy atom. The first kappa shape index (κ1) is 21.6. The Bertz CT molecular complexity index is 995. The van der Waals surface area contributed by atoms with Crippen molar-refractivity contribution in [1.29, 1.82) is 0 Å². The van der Waals surface area contributed by atoms with Crippen LogP contribution in [0.4, 0.5) is 5.00 Å². The molecule has 1 saturated heterocycles. The summed E-state index contributed by atoms with van der Waals surface area (Å²) in [6.07, 6.45) is 0.928. The van der Waals surface area contributed by atoms with Crippen molar-refractivity contribution < 1.29 is 14.3 Å². The molecule has 1 fully saturated rings. The molecule has 2 aromatic carbocycles. The fourth-order valence-corrected chi connectivity index (χ4v) is 4.93. The number of ether oxygens (including phenoxy) is 2. The Hall–Kier alpha value is -2.67. The molecule has 162 valence electrons. The van der Waals surface area contributed by atoms with E-state index in [1.807, 2.05) is 42.5 Å². The standard InChI is InChI=1S/C25H28N2O3S/c1-3-21-17-22(25(31-21)26-24(28)19-7-5-4-6-8-19)23(27-13-15-30-16-14-27)18-9-11-20(29-2)12-10-18/h4-12,17,23H,3,13-16H2,1-2H3,(H,26,28)/t23-/m0/s1. The summed E-state index contributed by atoms with van der Waals surface area (Å²) in [6, 6.07) is 19.9. The van der Waals surface area contributed by atoms with Crippen LogP contribution in [0, 0.1) is 0 Å². The summed E-state index contributed by atoms with van der Waals surface area (Å²) in [5.41, 5.74) is 2.98. The van der Waals surface area contributed by atoms with Gasteiger partial charge in [0.15, 0.2) is 0 Å². The second kappa shape index (κ2) is 10.1. The van der Waals surface area contributed by atoms with Crippen molar-refractivity contribution in [1.82, 2.24) is 4.90 Å². The molecule has 1 aromatic heterocycles. The van der Waals surface area contributed by atoms with Crippen LogP contribution < -0.4 is 10.1 Å². The molecule has 2 heterocycles. The summed E-state index contributed by atoms with van der Waals surface area (Å²) in [7, 11) is 1.68. The van der Waals surface area contributed by atoms with E-state index < -0.39 is 0 Å². The normalized spacial score (nSPS) is 15.4. The number of amides is 1. The number of benzene rings is 2. The van der Waals surface area contributed by atoms with Gasteiger partial charge in [0.05, 0.1) is 26.4 Å². The zero-order chi connectivity index (χ0) is 21.6. The Kier molecular flexibility index (Phi) is 7.02. The zero-order valence-electron chi connectivity index (χ0n) is 18.0. The minimum atomic E-state index is -0.0817. The minimum absolute atomic E-state index is 0.0393. The third kappa shape index (κ3) is 4.98. The number of carbonyl (C=O) groups excluding carboxylic acids is 1. The van der Waals surface area contributed by atoms with Crippen molar-refractivity contribution >= 4 is 22.2 Å². The molecule has 0 bridgehead atoms. The first-order valence-corrected chi connectivity index (χ1v) is 11.5. The van der Waals surface area contributed by atoms with Gasteiger partial charge in [0, 0.05) is 29.1 Å². The zero-order valence-corrected chi connectivity index (χ0v) is 18.8. The molecule has 0 radical (unpaired) electrons. The highest BCUT2D eigenvalue weighted by Crippen LogP contribution is 2.40. The van der Waals surface area contributed by atoms with Gasteiger partial charge >= 0.3 is 0 Å². The number of rotatable bonds is 7. The average molecular weight is 437 g/mol. The predicted octanol–water partition coefficient (Wildman–Crippen LogP) is 4.99. The second-order valence-electron chi connectivity index (χ2n) is 7.49. The van der Waals surface area contributed by atoms with Crippen LogP contribution in [0.1, 0.15) is 39.3 Å². The van der Waals surface area contributed by atoms with Gasteiger partial charge in [-0.2, -0.15) is 0 Å². The van der Waals surface area contributed by atoms with Crippen molar-refractivity contribution in [3.63, 3.8) is 0 Å². The maximum Gasteiger partial charge on any atom is 0.256 e. The van der Waals surface area contributed by atoms with Gasteiger partial charge in [0.25, 0.3) is 5.91 Å². The van der Waals surface area contributed by atoms with Crippen LogP contribution in [0.25, 0.3) is 0 Å². The number of aryl methyl sites for hydroxylation is 1. The van der Waals surface area contributed by atoms with Crippen LogP contribution in [0.15, 0.2) is 60.7 Å². The van der Waals surface area contributed by atoms with Crippen molar-refractivity contribution in [3.05, 3.63) is 82.2 Å². The molecule has 0 unspecified atom stereocenters. The topological polar surface area (TPSA) is 50.8 Å². The largest absolute Gasteiger partial charge is 0.497 e. The van der Waals surface area contributed by atoms with Crippen LogP contribution in [-0.2, 0) is 11.2 Å². The monoisotopic (exact) mass is 436 g/mol. The highest BCUT2D eigenvalue weighted by molar-refractivity contribution is 7.16. The fourth-order valence-electron chi connectivity index (χ4n) is 3.91. The molecule has 3 aromatic rings. The number of carbonyl (C=O) groups is 1. The lowest BCUT2D eigenvalue weighted by atomic mass is 9.97. The van der Waals surface area contributed by atoms with Crippen LogP contribution >= 0.6 is 11.3 Å². The number of anilines is 1. The summed E-state index contributed by atoms with van der Waals surface area (Å²) in [5, 5.41) is 4.11. The van der Waals surface area contributed by atoms with E-state index in [0.717, 1.165) is 35.8 Å². The summed E-state index contributed by atoms with van der Waals surface area (Å²) in [6.45, 7) is 5.27. The molecular formula is C25H28N2O3S. The number of thiophene rings is 1. The van der Waals surface area contributed by atoms with Gasteiger partial charge in [-0.25, -0.2) is 0 Å². The third-order valence-electron chi connectivity index (χ3n) is 5.56. The number of hydrogen-bond donors (Lipinski definition) is 1. The van der Waals surface area contributed by atoms with Crippen LogP contribution in [0.3, 0.4) is 0 Å². The number of methoxy groups -OCH3 is 1. The summed E-state index contributed by atoms with van der Waals surface area (Å²) < 4.78 is 11.0. The molecule has 0 saturated carbocycles. The second-order valence-corrected chi connectivity index (χ2v) is 8.63. The van der Waals surface area contributed by atoms with Gasteiger partial charge in [0.2, 0.25) is 0 Å². The van der Waals surface area contributed by atoms with Crippen molar-refractivity contribution in [2.45, 2.75) is 19.4 Å². The first-order valence-electron chi connectivity index (χ1n) is 10.6. The lowest BCUT2D eigenvalue weighted by Crippen LogP contribution is -2.39. The van der Waals surface area contributed by atoms with Gasteiger partial charge in [0.1, 0.15) is 10.8 Å². The van der Waals surface area contributed by atoms with Crippen molar-refractivity contribution in [2.75, 3.05) is 38.7 Å². The van der Waals surface area contributed by atoms with E-state index in [1.165, 1.54) is 10.4 Å². The van der Waals surface area contributed by atoms with E-state index in [9.17, 15) is 4.79 Å².